The van der Waals surface area contributed by atoms with Crippen LogP contribution in [0.4, 0.5) is 0 Å². The molecular formula is C32H34Cl2N2O8S2. The van der Waals surface area contributed by atoms with E-state index in [0.29, 0.717) is 26.2 Å². The van der Waals surface area contributed by atoms with Crippen molar-refractivity contribution >= 4 is 55.2 Å². The van der Waals surface area contributed by atoms with Gasteiger partial charge in [0.2, 0.25) is 20.0 Å². The highest BCUT2D eigenvalue weighted by Gasteiger charge is 2.29. The summed E-state index contributed by atoms with van der Waals surface area (Å²) in [5.74, 6) is -1.55. The van der Waals surface area contributed by atoms with Crippen molar-refractivity contribution in [2.75, 3.05) is 26.2 Å². The Kier molecular flexibility index (Phi) is 11.1. The SMILES string of the molecule is O=C(Oc1ccc(OC(=O)c2cc(S(=O)(=O)N3CCCCCC3)ccc2Cl)cc1)c1cc(S(=O)(=O)N2CCCCCC2)ccc1Cl. The highest BCUT2D eigenvalue weighted by molar-refractivity contribution is 7.89. The summed E-state index contributed by atoms with van der Waals surface area (Å²) in [5, 5.41) is 0.0599. The number of hydrogen-bond donors (Lipinski definition) is 0. The second-order valence-electron chi connectivity index (χ2n) is 11.2. The number of carbonyl (C=O) groups excluding carboxylic acids is 2. The zero-order valence-corrected chi connectivity index (χ0v) is 28.1. The van der Waals surface area contributed by atoms with E-state index in [9.17, 15) is 26.4 Å². The summed E-state index contributed by atoms with van der Waals surface area (Å²) in [5.41, 5.74) is -0.226. The third-order valence-electron chi connectivity index (χ3n) is 7.97. The van der Waals surface area contributed by atoms with Crippen molar-refractivity contribution in [1.29, 1.82) is 0 Å². The molecule has 0 unspecified atom stereocenters. The van der Waals surface area contributed by atoms with Crippen LogP contribution < -0.4 is 9.47 Å². The zero-order valence-electron chi connectivity index (χ0n) is 25.0. The molecule has 2 aliphatic rings. The Morgan fingerprint density at radius 2 is 0.848 bits per heavy atom. The summed E-state index contributed by atoms with van der Waals surface area (Å²) in [6, 6.07) is 13.4. The maximum absolute atomic E-state index is 13.2. The quantitative estimate of drug-likeness (QED) is 0.190. The van der Waals surface area contributed by atoms with Crippen LogP contribution in [0.3, 0.4) is 0 Å². The standard InChI is InChI=1S/C32H34Cl2N2O8S2/c33-29-15-13-25(45(39,40)35-17-5-1-2-6-18-35)21-27(29)31(37)43-23-9-11-24(12-10-23)44-32(38)28-22-26(14-16-30(28)34)46(41,42)36-19-7-3-4-8-20-36/h9-16,21-22H,1-8,17-20H2. The lowest BCUT2D eigenvalue weighted by Gasteiger charge is -2.20. The van der Waals surface area contributed by atoms with Gasteiger partial charge < -0.3 is 9.47 Å². The Hall–Kier alpha value is -3.00. The molecule has 0 N–H and O–H groups in total. The predicted molar refractivity (Wildman–Crippen MR) is 174 cm³/mol. The first kappa shape index (κ1) is 34.3. The lowest BCUT2D eigenvalue weighted by Crippen LogP contribution is -2.32. The molecule has 2 heterocycles. The first-order chi connectivity index (χ1) is 22.0. The fourth-order valence-corrected chi connectivity index (χ4v) is 8.88. The van der Waals surface area contributed by atoms with Crippen LogP contribution >= 0.6 is 23.2 Å². The molecule has 0 aromatic heterocycles. The normalized spacial score (nSPS) is 17.1. The Morgan fingerprint density at radius 1 is 0.522 bits per heavy atom. The molecule has 246 valence electrons. The van der Waals surface area contributed by atoms with Crippen molar-refractivity contribution < 1.29 is 35.9 Å². The van der Waals surface area contributed by atoms with E-state index in [1.54, 1.807) is 0 Å². The molecule has 14 heteroatoms. The highest BCUT2D eigenvalue weighted by atomic mass is 35.5. The molecule has 0 spiro atoms. The third-order valence-corrected chi connectivity index (χ3v) is 12.4. The minimum absolute atomic E-state index is 0.0299. The fourth-order valence-electron chi connectivity index (χ4n) is 5.40. The minimum Gasteiger partial charge on any atom is -0.423 e. The number of carbonyl (C=O) groups is 2. The number of sulfonamides is 2. The summed E-state index contributed by atoms with van der Waals surface area (Å²) in [6.45, 7) is 1.65. The first-order valence-electron chi connectivity index (χ1n) is 15.1. The van der Waals surface area contributed by atoms with Crippen LogP contribution in [0.5, 0.6) is 11.5 Å². The second-order valence-corrected chi connectivity index (χ2v) is 15.9. The van der Waals surface area contributed by atoms with Gasteiger partial charge in [-0.1, -0.05) is 48.9 Å². The topological polar surface area (TPSA) is 127 Å². The monoisotopic (exact) mass is 708 g/mol. The average Bonchev–Trinajstić information content (AvgIpc) is 3.49. The molecule has 46 heavy (non-hydrogen) atoms. The van der Waals surface area contributed by atoms with E-state index in [-0.39, 0.29) is 42.5 Å². The van der Waals surface area contributed by atoms with E-state index in [1.807, 2.05) is 0 Å². The number of hydrogen-bond acceptors (Lipinski definition) is 8. The third kappa shape index (κ3) is 7.92. The molecule has 0 atom stereocenters. The van der Waals surface area contributed by atoms with Crippen LogP contribution in [0.1, 0.15) is 72.1 Å². The molecule has 0 saturated carbocycles. The van der Waals surface area contributed by atoms with Crippen molar-refractivity contribution in [3.8, 4) is 11.5 Å². The number of esters is 2. The molecule has 10 nitrogen and oxygen atoms in total. The van der Waals surface area contributed by atoms with Gasteiger partial charge in [-0.25, -0.2) is 26.4 Å². The summed E-state index contributed by atoms with van der Waals surface area (Å²) in [7, 11) is -7.64. The van der Waals surface area contributed by atoms with Gasteiger partial charge in [0.05, 0.1) is 31.0 Å². The lowest BCUT2D eigenvalue weighted by atomic mass is 10.2. The van der Waals surface area contributed by atoms with Crippen molar-refractivity contribution in [3.63, 3.8) is 0 Å². The molecule has 0 bridgehead atoms. The van der Waals surface area contributed by atoms with Crippen molar-refractivity contribution in [3.05, 3.63) is 81.8 Å². The Labute approximate surface area is 279 Å². The largest absolute Gasteiger partial charge is 0.423 e. The molecule has 0 radical (unpaired) electrons. The van der Waals surface area contributed by atoms with Gasteiger partial charge in [0.15, 0.2) is 0 Å². The number of benzene rings is 3. The number of nitrogens with zero attached hydrogens (tertiary/aromatic N) is 2. The molecule has 2 saturated heterocycles. The molecule has 0 aliphatic carbocycles. The molecule has 3 aromatic rings. The van der Waals surface area contributed by atoms with Crippen LogP contribution in [0.25, 0.3) is 0 Å². The van der Waals surface area contributed by atoms with E-state index in [0.717, 1.165) is 51.4 Å². The predicted octanol–water partition coefficient (Wildman–Crippen LogP) is 6.56. The average molecular weight is 710 g/mol. The highest BCUT2D eigenvalue weighted by Crippen LogP contribution is 2.29. The second kappa shape index (κ2) is 14.8. The van der Waals surface area contributed by atoms with E-state index in [4.69, 9.17) is 32.7 Å². The summed E-state index contributed by atoms with van der Waals surface area (Å²) < 4.78 is 66.7. The van der Waals surface area contributed by atoms with Crippen LogP contribution in [0.2, 0.25) is 10.0 Å². The van der Waals surface area contributed by atoms with Crippen LogP contribution in [-0.4, -0.2) is 63.6 Å². The van der Waals surface area contributed by atoms with Crippen molar-refractivity contribution in [2.45, 2.75) is 61.2 Å². The minimum atomic E-state index is -3.82. The molecule has 2 aliphatic heterocycles. The van der Waals surface area contributed by atoms with Gasteiger partial charge in [-0.2, -0.15) is 8.61 Å². The van der Waals surface area contributed by atoms with Gasteiger partial charge in [0, 0.05) is 26.2 Å². The Balaban J connectivity index is 1.27. The molecule has 5 rings (SSSR count). The smallest absolute Gasteiger partial charge is 0.345 e. The number of rotatable bonds is 8. The van der Waals surface area contributed by atoms with Crippen molar-refractivity contribution in [1.82, 2.24) is 8.61 Å². The van der Waals surface area contributed by atoms with Gasteiger partial charge in [-0.15, -0.1) is 0 Å². The first-order valence-corrected chi connectivity index (χ1v) is 18.7. The van der Waals surface area contributed by atoms with Gasteiger partial charge in [-0.3, -0.25) is 0 Å². The summed E-state index contributed by atoms with van der Waals surface area (Å²) in [6.07, 6.45) is 6.94. The van der Waals surface area contributed by atoms with Crippen molar-refractivity contribution in [2.24, 2.45) is 0 Å². The molecule has 3 aromatic carbocycles. The van der Waals surface area contributed by atoms with Gasteiger partial charge in [-0.05, 0) is 86.3 Å². The van der Waals surface area contributed by atoms with Gasteiger partial charge in [0.1, 0.15) is 11.5 Å². The molecule has 2 fully saturated rings. The summed E-state index contributed by atoms with van der Waals surface area (Å²) in [4.78, 5) is 25.9. The number of halogens is 2. The fraction of sp³-hybridized carbons (Fsp3) is 0.375. The zero-order chi connectivity index (χ0) is 32.9. The Morgan fingerprint density at radius 3 is 1.17 bits per heavy atom. The lowest BCUT2D eigenvalue weighted by molar-refractivity contribution is 0.0719. The van der Waals surface area contributed by atoms with E-state index < -0.39 is 32.0 Å². The molecular weight excluding hydrogens is 675 g/mol. The molecule has 0 amide bonds. The van der Waals surface area contributed by atoms with E-state index >= 15 is 0 Å². The van der Waals surface area contributed by atoms with E-state index in [2.05, 4.69) is 0 Å². The maximum atomic E-state index is 13.2. The van der Waals surface area contributed by atoms with Crippen LogP contribution in [0.15, 0.2) is 70.5 Å². The van der Waals surface area contributed by atoms with Gasteiger partial charge >= 0.3 is 11.9 Å². The Bertz CT molecular complexity index is 1670. The van der Waals surface area contributed by atoms with Gasteiger partial charge in [0.25, 0.3) is 0 Å². The van der Waals surface area contributed by atoms with Crippen LogP contribution in [-0.2, 0) is 20.0 Å². The maximum Gasteiger partial charge on any atom is 0.345 e. The number of ether oxygens (including phenoxy) is 2. The summed E-state index contributed by atoms with van der Waals surface area (Å²) >= 11 is 12.5. The van der Waals surface area contributed by atoms with Crippen LogP contribution in [0, 0.1) is 0 Å². The van der Waals surface area contributed by atoms with E-state index in [1.165, 1.54) is 69.3 Å².